The molecule has 0 saturated carbocycles. The minimum Gasteiger partial charge on any atom is -0.436 e. The Morgan fingerprint density at radius 2 is 2.19 bits per heavy atom. The number of rotatable bonds is 2. The molecule has 3 nitrogen and oxygen atoms in total. The Hall–Kier alpha value is -1.66. The summed E-state index contributed by atoms with van der Waals surface area (Å²) in [7, 11) is 0. The van der Waals surface area contributed by atoms with Crippen LogP contribution in [-0.4, -0.2) is 18.6 Å². The lowest BCUT2D eigenvalue weighted by Crippen LogP contribution is -2.14. The van der Waals surface area contributed by atoms with Crippen LogP contribution < -0.4 is 5.32 Å². The van der Waals surface area contributed by atoms with Crippen LogP contribution in [0.3, 0.4) is 0 Å². The number of halogens is 1. The second kappa shape index (κ2) is 6.76. The predicted octanol–water partition coefficient (Wildman–Crippen LogP) is 2.79. The van der Waals surface area contributed by atoms with Crippen LogP contribution in [0.15, 0.2) is 24.3 Å². The molecule has 0 aliphatic heterocycles. The summed E-state index contributed by atoms with van der Waals surface area (Å²) in [5.74, 6) is 5.43. The van der Waals surface area contributed by atoms with Gasteiger partial charge in [-0.05, 0) is 18.6 Å². The van der Waals surface area contributed by atoms with Gasteiger partial charge in [0, 0.05) is 5.69 Å². The van der Waals surface area contributed by atoms with E-state index in [9.17, 15) is 4.79 Å². The van der Waals surface area contributed by atoms with Crippen LogP contribution in [0.1, 0.15) is 5.56 Å². The molecule has 0 aliphatic rings. The molecular formula is C12H12ClNO2. The minimum atomic E-state index is -0.516. The van der Waals surface area contributed by atoms with Gasteiger partial charge in [-0.3, -0.25) is 5.32 Å². The highest BCUT2D eigenvalue weighted by atomic mass is 35.5. The summed E-state index contributed by atoms with van der Waals surface area (Å²) < 4.78 is 4.82. The third kappa shape index (κ3) is 4.24. The highest BCUT2D eigenvalue weighted by Gasteiger charge is 2.03. The van der Waals surface area contributed by atoms with Gasteiger partial charge in [-0.15, -0.1) is 11.6 Å². The van der Waals surface area contributed by atoms with Crippen LogP contribution >= 0.6 is 11.6 Å². The monoisotopic (exact) mass is 237 g/mol. The second-order valence-electron chi connectivity index (χ2n) is 3.00. The molecule has 1 N–H and O–H groups in total. The second-order valence-corrected chi connectivity index (χ2v) is 3.27. The third-order valence-corrected chi connectivity index (χ3v) is 1.98. The predicted molar refractivity (Wildman–Crippen MR) is 64.6 cm³/mol. The number of alkyl halides is 1. The number of aryl methyl sites for hydroxylation is 1. The van der Waals surface area contributed by atoms with Gasteiger partial charge in [-0.2, -0.15) is 0 Å². The van der Waals surface area contributed by atoms with Gasteiger partial charge in [0.2, 0.25) is 0 Å². The molecule has 1 amide bonds. The fourth-order valence-electron chi connectivity index (χ4n) is 1.06. The Morgan fingerprint density at radius 1 is 1.44 bits per heavy atom. The summed E-state index contributed by atoms with van der Waals surface area (Å²) in [5, 5.41) is 2.63. The summed E-state index contributed by atoms with van der Waals surface area (Å²) in [6.07, 6.45) is -0.516. The van der Waals surface area contributed by atoms with Gasteiger partial charge >= 0.3 is 6.09 Å². The highest BCUT2D eigenvalue weighted by molar-refractivity contribution is 6.19. The molecule has 0 fully saturated rings. The molecule has 1 aromatic rings. The smallest absolute Gasteiger partial charge is 0.412 e. The first-order valence-electron chi connectivity index (χ1n) is 4.75. The molecule has 1 rings (SSSR count). The Labute approximate surface area is 99.7 Å². The van der Waals surface area contributed by atoms with E-state index in [0.717, 1.165) is 11.3 Å². The topological polar surface area (TPSA) is 38.3 Å². The summed E-state index contributed by atoms with van der Waals surface area (Å²) in [6, 6.07) is 7.46. The maximum atomic E-state index is 11.3. The molecule has 0 radical (unpaired) electrons. The SMILES string of the molecule is Cc1ccccc1NC(=O)OCC#CCCl. The standard InChI is InChI=1S/C12H12ClNO2/c1-10-6-2-3-7-11(10)14-12(15)16-9-5-4-8-13/h2-3,6-7H,8-9H2,1H3,(H,14,15). The third-order valence-electron chi connectivity index (χ3n) is 1.85. The molecule has 0 atom stereocenters. The van der Waals surface area contributed by atoms with Crippen LogP contribution in [0.2, 0.25) is 0 Å². The zero-order valence-electron chi connectivity index (χ0n) is 8.92. The Balaban J connectivity index is 2.43. The molecule has 0 spiro atoms. The van der Waals surface area contributed by atoms with E-state index in [1.807, 2.05) is 25.1 Å². The van der Waals surface area contributed by atoms with Gasteiger partial charge in [0.1, 0.15) is 0 Å². The lowest BCUT2D eigenvalue weighted by molar-refractivity contribution is 0.176. The molecule has 0 aliphatic carbocycles. The molecule has 0 bridgehead atoms. The average molecular weight is 238 g/mol. The normalized spacial score (nSPS) is 8.88. The molecule has 0 unspecified atom stereocenters. The van der Waals surface area contributed by atoms with Crippen molar-refractivity contribution in [2.75, 3.05) is 17.8 Å². The number of hydrogen-bond acceptors (Lipinski definition) is 2. The first-order chi connectivity index (χ1) is 7.74. The van der Waals surface area contributed by atoms with Crippen molar-refractivity contribution in [2.45, 2.75) is 6.92 Å². The number of hydrogen-bond donors (Lipinski definition) is 1. The number of para-hydroxylation sites is 1. The lowest BCUT2D eigenvalue weighted by Gasteiger charge is -2.06. The van der Waals surface area contributed by atoms with E-state index in [2.05, 4.69) is 17.2 Å². The molecule has 4 heteroatoms. The fourth-order valence-corrected chi connectivity index (χ4v) is 1.15. The van der Waals surface area contributed by atoms with E-state index in [1.165, 1.54) is 0 Å². The van der Waals surface area contributed by atoms with Gasteiger partial charge in [-0.1, -0.05) is 30.0 Å². The van der Waals surface area contributed by atoms with E-state index in [1.54, 1.807) is 6.07 Å². The van der Waals surface area contributed by atoms with Crippen molar-refractivity contribution >= 4 is 23.4 Å². The maximum absolute atomic E-state index is 11.3. The minimum absolute atomic E-state index is 0.0461. The average Bonchev–Trinajstić information content (AvgIpc) is 2.28. The Morgan fingerprint density at radius 3 is 2.88 bits per heavy atom. The van der Waals surface area contributed by atoms with E-state index >= 15 is 0 Å². The van der Waals surface area contributed by atoms with Crippen LogP contribution in [0.5, 0.6) is 0 Å². The van der Waals surface area contributed by atoms with Crippen molar-refractivity contribution in [3.05, 3.63) is 29.8 Å². The zero-order valence-corrected chi connectivity index (χ0v) is 9.67. The van der Waals surface area contributed by atoms with Crippen molar-refractivity contribution in [3.63, 3.8) is 0 Å². The van der Waals surface area contributed by atoms with Crippen molar-refractivity contribution in [2.24, 2.45) is 0 Å². The largest absolute Gasteiger partial charge is 0.436 e. The Bertz CT molecular complexity index is 421. The summed E-state index contributed by atoms with van der Waals surface area (Å²) >= 11 is 5.34. The number of carbonyl (C=O) groups is 1. The highest BCUT2D eigenvalue weighted by Crippen LogP contribution is 2.12. The number of ether oxygens (including phenoxy) is 1. The van der Waals surface area contributed by atoms with Crippen LogP contribution in [-0.2, 0) is 4.74 Å². The lowest BCUT2D eigenvalue weighted by atomic mass is 10.2. The number of benzene rings is 1. The van der Waals surface area contributed by atoms with E-state index in [4.69, 9.17) is 16.3 Å². The molecular weight excluding hydrogens is 226 g/mol. The van der Waals surface area contributed by atoms with Crippen molar-refractivity contribution < 1.29 is 9.53 Å². The van der Waals surface area contributed by atoms with Crippen LogP contribution in [0.25, 0.3) is 0 Å². The van der Waals surface area contributed by atoms with Gasteiger partial charge in [0.15, 0.2) is 6.61 Å². The fraction of sp³-hybridized carbons (Fsp3) is 0.250. The molecule has 84 valence electrons. The zero-order chi connectivity index (χ0) is 11.8. The number of nitrogens with one attached hydrogen (secondary N) is 1. The number of amides is 1. The molecule has 0 saturated heterocycles. The number of anilines is 1. The Kier molecular flexibility index (Phi) is 5.24. The van der Waals surface area contributed by atoms with E-state index < -0.39 is 6.09 Å². The summed E-state index contributed by atoms with van der Waals surface area (Å²) in [5.41, 5.74) is 1.71. The van der Waals surface area contributed by atoms with Gasteiger partial charge in [0.05, 0.1) is 5.88 Å². The maximum Gasteiger partial charge on any atom is 0.412 e. The van der Waals surface area contributed by atoms with Crippen molar-refractivity contribution in [1.29, 1.82) is 0 Å². The van der Waals surface area contributed by atoms with E-state index in [0.29, 0.717) is 0 Å². The summed E-state index contributed by atoms with van der Waals surface area (Å²) in [6.45, 7) is 1.95. The van der Waals surface area contributed by atoms with Crippen molar-refractivity contribution in [1.82, 2.24) is 0 Å². The van der Waals surface area contributed by atoms with Crippen molar-refractivity contribution in [3.8, 4) is 11.8 Å². The van der Waals surface area contributed by atoms with Crippen LogP contribution in [0, 0.1) is 18.8 Å². The van der Waals surface area contributed by atoms with Gasteiger partial charge < -0.3 is 4.74 Å². The molecule has 0 heterocycles. The van der Waals surface area contributed by atoms with Gasteiger partial charge in [0.25, 0.3) is 0 Å². The number of carbonyl (C=O) groups excluding carboxylic acids is 1. The van der Waals surface area contributed by atoms with E-state index in [-0.39, 0.29) is 12.5 Å². The molecule has 1 aromatic carbocycles. The van der Waals surface area contributed by atoms with Gasteiger partial charge in [-0.25, -0.2) is 4.79 Å². The first-order valence-corrected chi connectivity index (χ1v) is 5.28. The molecule has 16 heavy (non-hydrogen) atoms. The quantitative estimate of drug-likeness (QED) is 0.635. The molecule has 0 aromatic heterocycles. The summed E-state index contributed by atoms with van der Waals surface area (Å²) in [4.78, 5) is 11.3. The van der Waals surface area contributed by atoms with Crippen LogP contribution in [0.4, 0.5) is 10.5 Å². The first kappa shape index (κ1) is 12.4.